The second kappa shape index (κ2) is 32.9. The number of unbranched alkanes of at least 4 members (excludes halogenated alkanes) is 3. The van der Waals surface area contributed by atoms with Crippen LogP contribution in [-0.4, -0.2) is 11.0 Å². The first kappa shape index (κ1) is 30.8. The summed E-state index contributed by atoms with van der Waals surface area (Å²) in [6, 6.07) is 0. The van der Waals surface area contributed by atoms with Crippen molar-refractivity contribution in [1.82, 2.24) is 0 Å². The Bertz CT molecular complexity index is 23.6. The van der Waals surface area contributed by atoms with Gasteiger partial charge in [-0.3, -0.25) is 0 Å². The Kier molecular flexibility index (Phi) is 102. The Morgan fingerprint density at radius 2 is 1.00 bits per heavy atom. The Labute approximate surface area is 83.0 Å². The van der Waals surface area contributed by atoms with Crippen molar-refractivity contribution in [3.8, 4) is 0 Å². The highest BCUT2D eigenvalue weighted by atomic mass is 35.5. The molecule has 0 aliphatic heterocycles. The minimum Gasteiger partial charge on any atom is -0.147 e. The molecule has 0 aromatic rings. The maximum absolute atomic E-state index is 2.23. The molecule has 0 radical (unpaired) electrons. The molecule has 0 rings (SSSR count). The molecule has 0 heterocycles. The van der Waals surface area contributed by atoms with Gasteiger partial charge < -0.3 is 0 Å². The molecule has 0 aromatic heterocycles. The van der Waals surface area contributed by atoms with Crippen molar-refractivity contribution in [2.45, 2.75) is 47.0 Å². The summed E-state index contributed by atoms with van der Waals surface area (Å²) < 4.78 is 0. The van der Waals surface area contributed by atoms with Gasteiger partial charge in [-0.1, -0.05) is 47.0 Å². The molecule has 0 saturated heterocycles. The summed E-state index contributed by atoms with van der Waals surface area (Å²) in [5.74, 6) is 0. The first-order valence-electron chi connectivity index (χ1n) is 2.91. The van der Waals surface area contributed by atoms with Crippen LogP contribution in [-0.2, 0) is 0 Å². The van der Waals surface area contributed by atoms with Crippen LogP contribution in [0.4, 0.5) is 0 Å². The van der Waals surface area contributed by atoms with Crippen molar-refractivity contribution in [1.29, 1.82) is 0 Å². The van der Waals surface area contributed by atoms with Gasteiger partial charge in [-0.15, -0.1) is 24.8 Å². The molecular formula is C7H24Cl2Si. The summed E-state index contributed by atoms with van der Waals surface area (Å²) in [5, 5.41) is 0. The molecule has 3 heteroatoms. The molecule has 0 nitrogen and oxygen atoms in total. The van der Waals surface area contributed by atoms with Gasteiger partial charge in [0.2, 0.25) is 0 Å². The third-order valence-electron chi connectivity index (χ3n) is 0.957. The van der Waals surface area contributed by atoms with Crippen molar-refractivity contribution < 1.29 is 0 Å². The van der Waals surface area contributed by atoms with E-state index in [4.69, 9.17) is 0 Å². The molecule has 0 unspecified atom stereocenters. The Morgan fingerprint density at radius 3 is 1.10 bits per heavy atom. The SMILES string of the molecule is C.CCCCCC.Cl.Cl.[SiH4]. The maximum Gasteiger partial charge on any atom is -0.0149 e. The van der Waals surface area contributed by atoms with Gasteiger partial charge in [0.15, 0.2) is 0 Å². The van der Waals surface area contributed by atoms with Crippen LogP contribution >= 0.6 is 24.8 Å². The van der Waals surface area contributed by atoms with Crippen molar-refractivity contribution in [2.75, 3.05) is 0 Å². The smallest absolute Gasteiger partial charge is 0.0149 e. The number of hydrogen-bond acceptors (Lipinski definition) is 0. The Balaban J connectivity index is -0.0000000208. The van der Waals surface area contributed by atoms with Gasteiger partial charge in [0.1, 0.15) is 0 Å². The fourth-order valence-corrected chi connectivity index (χ4v) is 0.500. The van der Waals surface area contributed by atoms with Gasteiger partial charge in [0.25, 0.3) is 0 Å². The van der Waals surface area contributed by atoms with Gasteiger partial charge in [0.05, 0.1) is 0 Å². The van der Waals surface area contributed by atoms with Crippen LogP contribution in [0.25, 0.3) is 0 Å². The molecule has 0 aliphatic carbocycles. The van der Waals surface area contributed by atoms with E-state index in [9.17, 15) is 0 Å². The zero-order chi connectivity index (χ0) is 4.83. The van der Waals surface area contributed by atoms with Crippen molar-refractivity contribution >= 4 is 35.8 Å². The third-order valence-corrected chi connectivity index (χ3v) is 0.957. The fraction of sp³-hybridized carbons (Fsp3) is 1.00. The number of hydrogen-bond donors (Lipinski definition) is 0. The molecule has 0 fully saturated rings. The largest absolute Gasteiger partial charge is 0.147 e. The molecule has 0 spiro atoms. The maximum atomic E-state index is 2.23. The normalized spacial score (nSPS) is 5.40. The minimum atomic E-state index is 0. The van der Waals surface area contributed by atoms with Crippen LogP contribution in [0.5, 0.6) is 0 Å². The third kappa shape index (κ3) is 37.1. The second-order valence-electron chi connectivity index (χ2n) is 1.71. The van der Waals surface area contributed by atoms with E-state index in [0.717, 1.165) is 0 Å². The van der Waals surface area contributed by atoms with Crippen molar-refractivity contribution in [3.63, 3.8) is 0 Å². The molecule has 70 valence electrons. The Hall–Kier alpha value is 0.797. The van der Waals surface area contributed by atoms with E-state index in [1.165, 1.54) is 25.7 Å². The number of rotatable bonds is 3. The van der Waals surface area contributed by atoms with E-state index < -0.39 is 0 Å². The standard InChI is InChI=1S/C6H14.CH4.2ClH.H4Si/c1-3-5-6-4-2;;;;/h3-6H2,1-2H3;1H4;2*1H;1H4. The monoisotopic (exact) mass is 206 g/mol. The first-order chi connectivity index (χ1) is 2.91. The molecule has 0 aliphatic rings. The number of halogens is 2. The molecule has 0 N–H and O–H groups in total. The molecule has 0 saturated carbocycles. The minimum absolute atomic E-state index is 0. The lowest BCUT2D eigenvalue weighted by atomic mass is 10.2. The van der Waals surface area contributed by atoms with Crippen LogP contribution in [0.3, 0.4) is 0 Å². The lowest BCUT2D eigenvalue weighted by molar-refractivity contribution is 0.702. The van der Waals surface area contributed by atoms with Crippen LogP contribution in [0.15, 0.2) is 0 Å². The summed E-state index contributed by atoms with van der Waals surface area (Å²) in [5.41, 5.74) is 0. The van der Waals surface area contributed by atoms with E-state index in [1.54, 1.807) is 0 Å². The van der Waals surface area contributed by atoms with Crippen LogP contribution in [0.1, 0.15) is 47.0 Å². The average Bonchev–Trinajstić information content (AvgIpc) is 1.61. The fourth-order valence-electron chi connectivity index (χ4n) is 0.500. The molecule has 0 atom stereocenters. The highest BCUT2D eigenvalue weighted by molar-refractivity contribution is 5.85. The lowest BCUT2D eigenvalue weighted by Crippen LogP contribution is -1.66. The predicted molar refractivity (Wildman–Crippen MR) is 62.4 cm³/mol. The summed E-state index contributed by atoms with van der Waals surface area (Å²) in [6.45, 7) is 4.46. The first-order valence-corrected chi connectivity index (χ1v) is 2.91. The average molecular weight is 207 g/mol. The van der Waals surface area contributed by atoms with E-state index in [-0.39, 0.29) is 43.2 Å². The zero-order valence-electron chi connectivity index (χ0n) is 5.64. The van der Waals surface area contributed by atoms with Gasteiger partial charge in [-0.05, 0) is 11.0 Å². The van der Waals surface area contributed by atoms with Gasteiger partial charge in [-0.25, -0.2) is 0 Å². The van der Waals surface area contributed by atoms with E-state index >= 15 is 0 Å². The summed E-state index contributed by atoms with van der Waals surface area (Å²) in [6.07, 6.45) is 5.54. The molecule has 0 bridgehead atoms. The van der Waals surface area contributed by atoms with Crippen LogP contribution < -0.4 is 0 Å². The van der Waals surface area contributed by atoms with Gasteiger partial charge in [0, 0.05) is 0 Å². The van der Waals surface area contributed by atoms with Crippen molar-refractivity contribution in [2.24, 2.45) is 0 Å². The van der Waals surface area contributed by atoms with E-state index in [2.05, 4.69) is 13.8 Å². The molecule has 0 amide bonds. The van der Waals surface area contributed by atoms with Gasteiger partial charge >= 0.3 is 0 Å². The molecule has 10 heavy (non-hydrogen) atoms. The van der Waals surface area contributed by atoms with E-state index in [0.29, 0.717) is 0 Å². The molecular weight excluding hydrogens is 183 g/mol. The summed E-state index contributed by atoms with van der Waals surface area (Å²) >= 11 is 0. The van der Waals surface area contributed by atoms with Crippen molar-refractivity contribution in [3.05, 3.63) is 0 Å². The predicted octanol–water partition coefficient (Wildman–Crippen LogP) is 2.61. The molecule has 0 aromatic carbocycles. The van der Waals surface area contributed by atoms with Gasteiger partial charge in [-0.2, -0.15) is 0 Å². The summed E-state index contributed by atoms with van der Waals surface area (Å²) in [7, 11) is 0. The lowest BCUT2D eigenvalue weighted by Gasteiger charge is -1.86. The zero-order valence-corrected chi connectivity index (χ0v) is 7.28. The van der Waals surface area contributed by atoms with E-state index in [1.807, 2.05) is 0 Å². The van der Waals surface area contributed by atoms with Crippen LogP contribution in [0, 0.1) is 0 Å². The van der Waals surface area contributed by atoms with Crippen LogP contribution in [0.2, 0.25) is 0 Å². The summed E-state index contributed by atoms with van der Waals surface area (Å²) in [4.78, 5) is 0. The topological polar surface area (TPSA) is 0 Å². The quantitative estimate of drug-likeness (QED) is 0.493. The Morgan fingerprint density at radius 1 is 0.800 bits per heavy atom. The second-order valence-corrected chi connectivity index (χ2v) is 1.71. The highest BCUT2D eigenvalue weighted by Crippen LogP contribution is 1.95. The highest BCUT2D eigenvalue weighted by Gasteiger charge is 1.75.